The molecule has 5 nitrogen and oxygen atoms in total. The lowest BCUT2D eigenvalue weighted by Gasteiger charge is -2.36. The second-order valence-electron chi connectivity index (χ2n) is 9.41. The monoisotopic (exact) mass is 493 g/mol. The molecule has 0 spiro atoms. The molecule has 1 aromatic heterocycles. The van der Waals surface area contributed by atoms with E-state index in [-0.39, 0.29) is 11.7 Å². The standard InChI is InChI=1S/C28H32FN3O2S/c29-25-9-1-2-10-26(25)31-15-13-30(14-16-31)19-22-6-3-8-24(18-22)34-21-23-7-4-12-32(20-23)28(33)27-11-5-17-35-27/h1-3,5-6,8-11,17-18,23H,4,7,12-16,19-21H2. The Morgan fingerprint density at radius 2 is 1.86 bits per heavy atom. The first-order chi connectivity index (χ1) is 17.2. The Balaban J connectivity index is 1.10. The Morgan fingerprint density at radius 1 is 1.00 bits per heavy atom. The van der Waals surface area contributed by atoms with Gasteiger partial charge in [0.25, 0.3) is 5.91 Å². The Bertz CT molecular complexity index is 1110. The van der Waals surface area contributed by atoms with Crippen LogP contribution in [0.1, 0.15) is 28.1 Å². The highest BCUT2D eigenvalue weighted by atomic mass is 32.1. The molecule has 1 amide bonds. The molecule has 2 fully saturated rings. The van der Waals surface area contributed by atoms with E-state index in [0.717, 1.165) is 69.3 Å². The van der Waals surface area contributed by atoms with Gasteiger partial charge in [-0.05, 0) is 54.1 Å². The van der Waals surface area contributed by atoms with Crippen molar-refractivity contribution >= 4 is 22.9 Å². The molecule has 2 aliphatic heterocycles. The fourth-order valence-electron chi connectivity index (χ4n) is 5.00. The number of carbonyl (C=O) groups is 1. The molecule has 0 aliphatic carbocycles. The van der Waals surface area contributed by atoms with Crippen LogP contribution in [-0.2, 0) is 6.54 Å². The van der Waals surface area contributed by atoms with Gasteiger partial charge < -0.3 is 14.5 Å². The van der Waals surface area contributed by atoms with Crippen LogP contribution in [0.2, 0.25) is 0 Å². The highest BCUT2D eigenvalue weighted by Crippen LogP contribution is 2.24. The molecule has 35 heavy (non-hydrogen) atoms. The minimum Gasteiger partial charge on any atom is -0.493 e. The van der Waals surface area contributed by atoms with Gasteiger partial charge in [0.15, 0.2) is 0 Å². The molecule has 1 unspecified atom stereocenters. The normalized spacial score (nSPS) is 19.1. The van der Waals surface area contributed by atoms with Crippen LogP contribution < -0.4 is 9.64 Å². The van der Waals surface area contributed by atoms with E-state index < -0.39 is 0 Å². The summed E-state index contributed by atoms with van der Waals surface area (Å²) in [5.74, 6) is 1.22. The molecule has 0 bridgehead atoms. The third kappa shape index (κ3) is 6.03. The second kappa shape index (κ2) is 11.2. The lowest BCUT2D eigenvalue weighted by molar-refractivity contribution is 0.0638. The number of para-hydroxylation sites is 1. The van der Waals surface area contributed by atoms with Crippen LogP contribution in [0.4, 0.5) is 10.1 Å². The van der Waals surface area contributed by atoms with Crippen LogP contribution >= 0.6 is 11.3 Å². The zero-order valence-electron chi connectivity index (χ0n) is 19.9. The molecule has 0 radical (unpaired) electrons. The van der Waals surface area contributed by atoms with Crippen molar-refractivity contribution in [3.8, 4) is 5.75 Å². The third-order valence-corrected chi connectivity index (χ3v) is 7.75. The summed E-state index contributed by atoms with van der Waals surface area (Å²) in [6, 6.07) is 19.2. The van der Waals surface area contributed by atoms with Crippen molar-refractivity contribution in [3.05, 3.63) is 82.3 Å². The number of carbonyl (C=O) groups excluding carboxylic acids is 1. The van der Waals surface area contributed by atoms with E-state index in [4.69, 9.17) is 4.74 Å². The quantitative estimate of drug-likeness (QED) is 0.457. The number of thiophene rings is 1. The molecule has 3 aromatic rings. The summed E-state index contributed by atoms with van der Waals surface area (Å²) >= 11 is 1.51. The summed E-state index contributed by atoms with van der Waals surface area (Å²) in [6.07, 6.45) is 2.10. The fourth-order valence-corrected chi connectivity index (χ4v) is 5.69. The molecule has 1 atom stereocenters. The van der Waals surface area contributed by atoms with E-state index in [1.54, 1.807) is 6.07 Å². The minimum absolute atomic E-state index is 0.141. The van der Waals surface area contributed by atoms with Crippen LogP contribution in [0.15, 0.2) is 66.0 Å². The second-order valence-corrected chi connectivity index (χ2v) is 10.4. The number of hydrogen-bond acceptors (Lipinski definition) is 5. The van der Waals surface area contributed by atoms with Crippen molar-refractivity contribution in [1.82, 2.24) is 9.80 Å². The number of amides is 1. The van der Waals surface area contributed by atoms with E-state index in [0.29, 0.717) is 18.2 Å². The molecule has 0 N–H and O–H groups in total. The van der Waals surface area contributed by atoms with E-state index >= 15 is 0 Å². The van der Waals surface area contributed by atoms with Gasteiger partial charge in [-0.1, -0.05) is 30.3 Å². The van der Waals surface area contributed by atoms with Gasteiger partial charge >= 0.3 is 0 Å². The van der Waals surface area contributed by atoms with Gasteiger partial charge in [-0.3, -0.25) is 9.69 Å². The smallest absolute Gasteiger partial charge is 0.263 e. The summed E-state index contributed by atoms with van der Waals surface area (Å²) in [4.78, 5) is 20.0. The summed E-state index contributed by atoms with van der Waals surface area (Å²) in [7, 11) is 0. The highest BCUT2D eigenvalue weighted by molar-refractivity contribution is 7.12. The largest absolute Gasteiger partial charge is 0.493 e. The molecular formula is C28H32FN3O2S. The van der Waals surface area contributed by atoms with E-state index in [9.17, 15) is 9.18 Å². The number of likely N-dealkylation sites (tertiary alicyclic amines) is 1. The maximum Gasteiger partial charge on any atom is 0.263 e. The predicted molar refractivity (Wildman–Crippen MR) is 139 cm³/mol. The van der Waals surface area contributed by atoms with Crippen molar-refractivity contribution in [3.63, 3.8) is 0 Å². The lowest BCUT2D eigenvalue weighted by atomic mass is 9.99. The zero-order chi connectivity index (χ0) is 24.0. The topological polar surface area (TPSA) is 36.0 Å². The number of nitrogens with zero attached hydrogens (tertiary/aromatic N) is 3. The number of halogens is 1. The molecule has 7 heteroatoms. The van der Waals surface area contributed by atoms with Crippen molar-refractivity contribution in [2.75, 3.05) is 50.8 Å². The first-order valence-electron chi connectivity index (χ1n) is 12.4. The van der Waals surface area contributed by atoms with Crippen LogP contribution in [0.3, 0.4) is 0 Å². The molecule has 3 heterocycles. The van der Waals surface area contributed by atoms with Crippen LogP contribution in [0.5, 0.6) is 5.75 Å². The minimum atomic E-state index is -0.150. The van der Waals surface area contributed by atoms with Gasteiger partial charge in [0, 0.05) is 51.7 Å². The molecule has 2 saturated heterocycles. The number of ether oxygens (including phenoxy) is 1. The first-order valence-corrected chi connectivity index (χ1v) is 13.3. The van der Waals surface area contributed by atoms with E-state index in [1.165, 1.54) is 23.0 Å². The van der Waals surface area contributed by atoms with Crippen LogP contribution in [-0.4, -0.2) is 61.6 Å². The fraction of sp³-hybridized carbons (Fsp3) is 0.393. The number of piperazine rings is 1. The number of piperidine rings is 1. The maximum absolute atomic E-state index is 14.1. The predicted octanol–water partition coefficient (Wildman–Crippen LogP) is 5.14. The van der Waals surface area contributed by atoms with E-state index in [1.807, 2.05) is 46.7 Å². The summed E-state index contributed by atoms with van der Waals surface area (Å²) < 4.78 is 20.3. The van der Waals surface area contributed by atoms with Gasteiger partial charge in [0.1, 0.15) is 11.6 Å². The molecule has 0 saturated carbocycles. The average molecular weight is 494 g/mol. The van der Waals surface area contributed by atoms with Crippen LogP contribution in [0.25, 0.3) is 0 Å². The van der Waals surface area contributed by atoms with E-state index in [2.05, 4.69) is 21.9 Å². The van der Waals surface area contributed by atoms with Gasteiger partial charge in [-0.25, -0.2) is 4.39 Å². The van der Waals surface area contributed by atoms with Gasteiger partial charge in [-0.15, -0.1) is 11.3 Å². The van der Waals surface area contributed by atoms with Gasteiger partial charge in [0.05, 0.1) is 17.2 Å². The Morgan fingerprint density at radius 3 is 2.66 bits per heavy atom. The molecule has 2 aromatic carbocycles. The maximum atomic E-state index is 14.1. The molecule has 184 valence electrons. The number of rotatable bonds is 7. The highest BCUT2D eigenvalue weighted by Gasteiger charge is 2.25. The first kappa shape index (κ1) is 23.8. The average Bonchev–Trinajstić information content (AvgIpc) is 3.44. The number of hydrogen-bond donors (Lipinski definition) is 0. The summed E-state index contributed by atoms with van der Waals surface area (Å²) in [5.41, 5.74) is 1.92. The Hall–Kier alpha value is -2.90. The van der Waals surface area contributed by atoms with Gasteiger partial charge in [0.2, 0.25) is 0 Å². The molecular weight excluding hydrogens is 461 g/mol. The molecule has 2 aliphatic rings. The van der Waals surface area contributed by atoms with Gasteiger partial charge in [-0.2, -0.15) is 0 Å². The summed E-state index contributed by atoms with van der Waals surface area (Å²) in [5, 5.41) is 1.95. The Labute approximate surface area is 210 Å². The van der Waals surface area contributed by atoms with Crippen LogP contribution in [0, 0.1) is 11.7 Å². The number of anilines is 1. The molecule has 5 rings (SSSR count). The SMILES string of the molecule is O=C(c1cccs1)N1CCCC(COc2cccc(CN3CCN(c4ccccc4F)CC3)c2)C1. The lowest BCUT2D eigenvalue weighted by Crippen LogP contribution is -2.46. The Kier molecular flexibility index (Phi) is 7.64. The van der Waals surface area contributed by atoms with Crippen molar-refractivity contribution in [2.45, 2.75) is 19.4 Å². The third-order valence-electron chi connectivity index (χ3n) is 6.89. The number of benzene rings is 2. The van der Waals surface area contributed by atoms with Crippen molar-refractivity contribution in [1.29, 1.82) is 0 Å². The summed E-state index contributed by atoms with van der Waals surface area (Å²) in [6.45, 7) is 6.49. The zero-order valence-corrected chi connectivity index (χ0v) is 20.8. The van der Waals surface area contributed by atoms with Crippen molar-refractivity contribution in [2.24, 2.45) is 5.92 Å². The van der Waals surface area contributed by atoms with Crippen molar-refractivity contribution < 1.29 is 13.9 Å².